The summed E-state index contributed by atoms with van der Waals surface area (Å²) >= 11 is 0. The van der Waals surface area contributed by atoms with E-state index >= 15 is 0 Å². The number of nitriles is 1. The number of hydrogen-bond acceptors (Lipinski definition) is 3. The van der Waals surface area contributed by atoms with Crippen LogP contribution < -0.4 is 4.74 Å². The van der Waals surface area contributed by atoms with Crippen LogP contribution in [0.2, 0.25) is 0 Å². The number of aromatic nitrogens is 1. The predicted octanol–water partition coefficient (Wildman–Crippen LogP) is 3.82. The quantitative estimate of drug-likeness (QED) is 0.731. The van der Waals surface area contributed by atoms with Crippen molar-refractivity contribution in [1.82, 2.24) is 4.98 Å². The maximum atomic E-state index is 13.5. The lowest BCUT2D eigenvalue weighted by Gasteiger charge is -2.08. The summed E-state index contributed by atoms with van der Waals surface area (Å²) in [5, 5.41) is 9.73. The van der Waals surface area contributed by atoms with Crippen molar-refractivity contribution in [3.63, 3.8) is 0 Å². The van der Waals surface area contributed by atoms with E-state index in [0.29, 0.717) is 12.4 Å². The molecule has 0 saturated heterocycles. The van der Waals surface area contributed by atoms with Crippen molar-refractivity contribution in [2.45, 2.75) is 6.61 Å². The van der Waals surface area contributed by atoms with Crippen molar-refractivity contribution in [3.05, 3.63) is 71.7 Å². The molecule has 0 aliphatic rings. The minimum Gasteiger partial charge on any atom is -0.489 e. The van der Waals surface area contributed by atoms with Crippen LogP contribution in [0.3, 0.4) is 0 Å². The summed E-state index contributed by atoms with van der Waals surface area (Å²) in [6.45, 7) is 0.291. The summed E-state index contributed by atoms with van der Waals surface area (Å²) in [5.74, 6) is -0.189. The number of para-hydroxylation sites is 1. The van der Waals surface area contributed by atoms with Crippen molar-refractivity contribution in [2.75, 3.05) is 0 Å². The highest BCUT2D eigenvalue weighted by atomic mass is 19.1. The summed E-state index contributed by atoms with van der Waals surface area (Å²) < 4.78 is 19.1. The number of halogens is 1. The van der Waals surface area contributed by atoms with Crippen LogP contribution in [0.5, 0.6) is 5.75 Å². The zero-order valence-corrected chi connectivity index (χ0v) is 11.1. The fourth-order valence-electron chi connectivity index (χ4n) is 2.12. The van der Waals surface area contributed by atoms with Crippen LogP contribution in [0.25, 0.3) is 10.9 Å². The minimum absolute atomic E-state index is 0.00850. The molecule has 0 spiro atoms. The number of nitrogens with zero attached hydrogens (tertiary/aromatic N) is 2. The summed E-state index contributed by atoms with van der Waals surface area (Å²) in [6.07, 6.45) is 1.73. The maximum absolute atomic E-state index is 13.5. The summed E-state index contributed by atoms with van der Waals surface area (Å²) in [7, 11) is 0. The van der Waals surface area contributed by atoms with Crippen LogP contribution in [-0.4, -0.2) is 4.98 Å². The molecule has 1 heterocycles. The molecule has 3 aromatic rings. The van der Waals surface area contributed by atoms with E-state index in [0.717, 1.165) is 16.5 Å². The highest BCUT2D eigenvalue weighted by molar-refractivity contribution is 5.81. The van der Waals surface area contributed by atoms with Gasteiger partial charge in [-0.25, -0.2) is 4.39 Å². The first kappa shape index (κ1) is 13.1. The normalized spacial score (nSPS) is 10.3. The molecule has 0 bridgehead atoms. The zero-order chi connectivity index (χ0) is 14.7. The van der Waals surface area contributed by atoms with Gasteiger partial charge in [-0.2, -0.15) is 5.26 Å². The van der Waals surface area contributed by atoms with Crippen molar-refractivity contribution in [1.29, 1.82) is 5.26 Å². The lowest BCUT2D eigenvalue weighted by molar-refractivity contribution is 0.306. The van der Waals surface area contributed by atoms with E-state index in [9.17, 15) is 4.39 Å². The van der Waals surface area contributed by atoms with Gasteiger partial charge >= 0.3 is 0 Å². The van der Waals surface area contributed by atoms with Crippen molar-refractivity contribution in [3.8, 4) is 11.8 Å². The van der Waals surface area contributed by atoms with Gasteiger partial charge in [0.1, 0.15) is 24.2 Å². The largest absolute Gasteiger partial charge is 0.489 e. The lowest BCUT2D eigenvalue weighted by Crippen LogP contribution is -1.98. The van der Waals surface area contributed by atoms with Crippen LogP contribution in [0.15, 0.2) is 54.7 Å². The van der Waals surface area contributed by atoms with E-state index in [4.69, 9.17) is 10.00 Å². The first-order chi connectivity index (χ1) is 10.3. The average molecular weight is 278 g/mol. The van der Waals surface area contributed by atoms with Crippen LogP contribution in [0.1, 0.15) is 11.1 Å². The van der Waals surface area contributed by atoms with Crippen LogP contribution >= 0.6 is 0 Å². The smallest absolute Gasteiger partial charge is 0.144 e. The molecule has 0 saturated carbocycles. The number of rotatable bonds is 3. The molecule has 0 amide bonds. The van der Waals surface area contributed by atoms with Gasteiger partial charge < -0.3 is 4.74 Å². The SMILES string of the molecule is N#Cc1ccc(OCc2cccc3cccnc23)cc1F. The molecule has 0 N–H and O–H groups in total. The second-order valence-corrected chi connectivity index (χ2v) is 4.53. The van der Waals surface area contributed by atoms with Crippen LogP contribution in [0, 0.1) is 17.1 Å². The molecule has 2 aromatic carbocycles. The number of pyridine rings is 1. The Kier molecular flexibility index (Phi) is 3.48. The fourth-order valence-corrected chi connectivity index (χ4v) is 2.12. The molecule has 0 aliphatic carbocycles. The van der Waals surface area contributed by atoms with Crippen molar-refractivity contribution < 1.29 is 9.13 Å². The van der Waals surface area contributed by atoms with Crippen molar-refractivity contribution in [2.24, 2.45) is 0 Å². The van der Waals surface area contributed by atoms with E-state index in [1.807, 2.05) is 30.3 Å². The van der Waals surface area contributed by atoms with Gasteiger partial charge in [0.15, 0.2) is 0 Å². The molecule has 0 unspecified atom stereocenters. The monoisotopic (exact) mass is 278 g/mol. The highest BCUT2D eigenvalue weighted by Gasteiger charge is 2.06. The molecule has 4 heteroatoms. The van der Waals surface area contributed by atoms with Gasteiger partial charge in [-0.15, -0.1) is 0 Å². The van der Waals surface area contributed by atoms with Gasteiger partial charge in [0.25, 0.3) is 0 Å². The van der Waals surface area contributed by atoms with Gasteiger partial charge in [-0.1, -0.05) is 24.3 Å². The van der Waals surface area contributed by atoms with Crippen LogP contribution in [0.4, 0.5) is 4.39 Å². The fraction of sp³-hybridized carbons (Fsp3) is 0.0588. The predicted molar refractivity (Wildman–Crippen MR) is 77.2 cm³/mol. The Bertz CT molecular complexity index is 834. The van der Waals surface area contributed by atoms with Gasteiger partial charge in [0.2, 0.25) is 0 Å². The average Bonchev–Trinajstić information content (AvgIpc) is 2.53. The number of ether oxygens (including phenoxy) is 1. The third kappa shape index (κ3) is 2.67. The Morgan fingerprint density at radius 1 is 1.14 bits per heavy atom. The minimum atomic E-state index is -0.578. The molecule has 3 rings (SSSR count). The molecule has 0 fully saturated rings. The Morgan fingerprint density at radius 3 is 2.81 bits per heavy atom. The summed E-state index contributed by atoms with van der Waals surface area (Å²) in [4.78, 5) is 4.34. The molecule has 0 atom stereocenters. The first-order valence-corrected chi connectivity index (χ1v) is 6.43. The molecule has 3 nitrogen and oxygen atoms in total. The van der Waals surface area contributed by atoms with Crippen molar-refractivity contribution >= 4 is 10.9 Å². The Balaban J connectivity index is 1.84. The van der Waals surface area contributed by atoms with Gasteiger partial charge in [0, 0.05) is 23.2 Å². The molecular weight excluding hydrogens is 267 g/mol. The molecule has 1 aromatic heterocycles. The van der Waals surface area contributed by atoms with Crippen LogP contribution in [-0.2, 0) is 6.61 Å². The number of benzene rings is 2. The Hall–Kier alpha value is -2.93. The Labute approximate surface area is 121 Å². The zero-order valence-electron chi connectivity index (χ0n) is 11.1. The number of fused-ring (bicyclic) bond motifs is 1. The number of hydrogen-bond donors (Lipinski definition) is 0. The molecule has 102 valence electrons. The second kappa shape index (κ2) is 5.59. The Morgan fingerprint density at radius 2 is 2.00 bits per heavy atom. The lowest BCUT2D eigenvalue weighted by atomic mass is 10.1. The van der Waals surface area contributed by atoms with Gasteiger partial charge in [-0.05, 0) is 18.2 Å². The molecule has 21 heavy (non-hydrogen) atoms. The van der Waals surface area contributed by atoms with E-state index in [1.54, 1.807) is 18.3 Å². The van der Waals surface area contributed by atoms with Gasteiger partial charge in [-0.3, -0.25) is 4.98 Å². The first-order valence-electron chi connectivity index (χ1n) is 6.43. The summed E-state index contributed by atoms with van der Waals surface area (Å²) in [5.41, 5.74) is 1.81. The third-order valence-corrected chi connectivity index (χ3v) is 3.17. The third-order valence-electron chi connectivity index (χ3n) is 3.17. The summed E-state index contributed by atoms with van der Waals surface area (Å²) in [6, 6.07) is 15.7. The second-order valence-electron chi connectivity index (χ2n) is 4.53. The molecule has 0 radical (unpaired) electrons. The standard InChI is InChI=1S/C17H11FN2O/c18-16-9-15(7-6-13(16)10-19)21-11-14-4-1-3-12-5-2-8-20-17(12)14/h1-9H,11H2. The van der Waals surface area contributed by atoms with E-state index < -0.39 is 5.82 Å². The molecule has 0 aliphatic heterocycles. The van der Waals surface area contributed by atoms with E-state index in [2.05, 4.69) is 4.98 Å². The topological polar surface area (TPSA) is 45.9 Å². The highest BCUT2D eigenvalue weighted by Crippen LogP contribution is 2.20. The van der Waals surface area contributed by atoms with Gasteiger partial charge in [0.05, 0.1) is 11.1 Å². The van der Waals surface area contributed by atoms with E-state index in [1.165, 1.54) is 12.1 Å². The maximum Gasteiger partial charge on any atom is 0.144 e. The molecular formula is C17H11FN2O. The van der Waals surface area contributed by atoms with E-state index in [-0.39, 0.29) is 5.56 Å².